The van der Waals surface area contributed by atoms with Crippen LogP contribution in [0.2, 0.25) is 5.02 Å². The molecule has 0 unspecified atom stereocenters. The van der Waals surface area contributed by atoms with Gasteiger partial charge in [-0.05, 0) is 35.7 Å². The Balaban J connectivity index is 1.60. The van der Waals surface area contributed by atoms with Gasteiger partial charge in [0.15, 0.2) is 11.5 Å². The minimum Gasteiger partial charge on any atom is -0.355 e. The Kier molecular flexibility index (Phi) is 5.16. The number of carbonyl (C=O) groups excluding carboxylic acids is 2. The number of rotatable bonds is 5. The molecule has 8 heteroatoms. The van der Waals surface area contributed by atoms with E-state index in [1.807, 2.05) is 17.5 Å². The molecule has 0 aliphatic heterocycles. The summed E-state index contributed by atoms with van der Waals surface area (Å²) in [5, 5.41) is 8.98. The van der Waals surface area contributed by atoms with Crippen LogP contribution in [-0.4, -0.2) is 35.5 Å². The van der Waals surface area contributed by atoms with E-state index in [-0.39, 0.29) is 18.1 Å². The van der Waals surface area contributed by atoms with E-state index in [0.717, 1.165) is 4.88 Å². The summed E-state index contributed by atoms with van der Waals surface area (Å²) >= 11 is 7.29. The first-order chi connectivity index (χ1) is 12.0. The molecule has 2 heterocycles. The van der Waals surface area contributed by atoms with Gasteiger partial charge in [-0.1, -0.05) is 22.8 Å². The van der Waals surface area contributed by atoms with Crippen molar-refractivity contribution in [2.24, 2.45) is 0 Å². The number of benzene rings is 1. The predicted molar refractivity (Wildman–Crippen MR) is 96.9 cm³/mol. The first-order valence-electron chi connectivity index (χ1n) is 7.34. The number of aromatic nitrogens is 1. The highest BCUT2D eigenvalue weighted by Gasteiger charge is 2.20. The normalized spacial score (nSPS) is 10.5. The maximum Gasteiger partial charge on any atom is 0.276 e. The number of amides is 2. The molecule has 0 atom stereocenters. The van der Waals surface area contributed by atoms with Crippen molar-refractivity contribution >= 4 is 40.4 Å². The van der Waals surface area contributed by atoms with Crippen LogP contribution < -0.4 is 5.32 Å². The van der Waals surface area contributed by atoms with Crippen molar-refractivity contribution in [3.63, 3.8) is 0 Å². The van der Waals surface area contributed by atoms with Crippen LogP contribution in [0, 0.1) is 0 Å². The molecule has 0 aliphatic rings. The SMILES string of the molecule is CN(CC(=O)Nc1ccc(Cl)cc1)C(=O)c1cc(-c2cccs2)on1. The van der Waals surface area contributed by atoms with Crippen LogP contribution in [0.15, 0.2) is 52.4 Å². The zero-order valence-electron chi connectivity index (χ0n) is 13.2. The summed E-state index contributed by atoms with van der Waals surface area (Å²) in [6.07, 6.45) is 0. The van der Waals surface area contributed by atoms with Crippen LogP contribution in [0.5, 0.6) is 0 Å². The van der Waals surface area contributed by atoms with Crippen LogP contribution in [0.3, 0.4) is 0 Å². The van der Waals surface area contributed by atoms with Crippen molar-refractivity contribution < 1.29 is 14.1 Å². The second-order valence-electron chi connectivity index (χ2n) is 5.27. The number of anilines is 1. The Hall–Kier alpha value is -2.64. The molecule has 1 N–H and O–H groups in total. The highest BCUT2D eigenvalue weighted by atomic mass is 35.5. The van der Waals surface area contributed by atoms with Crippen LogP contribution in [0.25, 0.3) is 10.6 Å². The number of likely N-dealkylation sites (N-methyl/N-ethyl adjacent to an activating group) is 1. The molecule has 3 rings (SSSR count). The summed E-state index contributed by atoms with van der Waals surface area (Å²) in [7, 11) is 1.53. The van der Waals surface area contributed by atoms with E-state index in [2.05, 4.69) is 10.5 Å². The lowest BCUT2D eigenvalue weighted by atomic mass is 10.3. The molecule has 2 amide bonds. The lowest BCUT2D eigenvalue weighted by Crippen LogP contribution is -2.35. The maximum absolute atomic E-state index is 12.4. The lowest BCUT2D eigenvalue weighted by Gasteiger charge is -2.15. The summed E-state index contributed by atoms with van der Waals surface area (Å²) in [6.45, 7) is -0.108. The van der Waals surface area contributed by atoms with Gasteiger partial charge < -0.3 is 14.7 Å². The number of thiophene rings is 1. The van der Waals surface area contributed by atoms with E-state index in [1.165, 1.54) is 23.3 Å². The number of hydrogen-bond donors (Lipinski definition) is 1. The second kappa shape index (κ2) is 7.50. The van der Waals surface area contributed by atoms with Crippen molar-refractivity contribution in [1.82, 2.24) is 10.1 Å². The Morgan fingerprint density at radius 1 is 1.28 bits per heavy atom. The van der Waals surface area contributed by atoms with Crippen molar-refractivity contribution in [3.8, 4) is 10.6 Å². The van der Waals surface area contributed by atoms with Crippen LogP contribution in [-0.2, 0) is 4.79 Å². The first-order valence-corrected chi connectivity index (χ1v) is 8.60. The summed E-state index contributed by atoms with van der Waals surface area (Å²) in [4.78, 5) is 26.6. The van der Waals surface area contributed by atoms with Gasteiger partial charge in [0.1, 0.15) is 0 Å². The molecule has 1 aromatic carbocycles. The van der Waals surface area contributed by atoms with Gasteiger partial charge in [0.25, 0.3) is 5.91 Å². The van der Waals surface area contributed by atoms with Gasteiger partial charge in [0, 0.05) is 23.8 Å². The Morgan fingerprint density at radius 3 is 2.72 bits per heavy atom. The van der Waals surface area contributed by atoms with E-state index >= 15 is 0 Å². The van der Waals surface area contributed by atoms with Gasteiger partial charge in [0.2, 0.25) is 5.91 Å². The molecule has 0 radical (unpaired) electrons. The van der Waals surface area contributed by atoms with Crippen molar-refractivity contribution in [2.45, 2.75) is 0 Å². The van der Waals surface area contributed by atoms with E-state index in [9.17, 15) is 9.59 Å². The number of halogens is 1. The number of carbonyl (C=O) groups is 2. The summed E-state index contributed by atoms with van der Waals surface area (Å²) < 4.78 is 5.19. The van der Waals surface area contributed by atoms with Crippen LogP contribution >= 0.6 is 22.9 Å². The fourth-order valence-corrected chi connectivity index (χ4v) is 2.93. The standard InChI is InChI=1S/C17H14ClN3O3S/c1-21(10-16(22)19-12-6-4-11(18)5-7-12)17(23)13-9-14(24-20-13)15-3-2-8-25-15/h2-9H,10H2,1H3,(H,19,22). The first kappa shape index (κ1) is 17.2. The average molecular weight is 376 g/mol. The number of nitrogens with zero attached hydrogens (tertiary/aromatic N) is 2. The van der Waals surface area contributed by atoms with Gasteiger partial charge in [-0.3, -0.25) is 9.59 Å². The monoisotopic (exact) mass is 375 g/mol. The smallest absolute Gasteiger partial charge is 0.276 e. The fourth-order valence-electron chi connectivity index (χ4n) is 2.13. The quantitative estimate of drug-likeness (QED) is 0.736. The van der Waals surface area contributed by atoms with Gasteiger partial charge in [-0.15, -0.1) is 11.3 Å². The van der Waals surface area contributed by atoms with Gasteiger partial charge in [-0.25, -0.2) is 0 Å². The summed E-state index contributed by atoms with van der Waals surface area (Å²) in [6, 6.07) is 12.1. The van der Waals surface area contributed by atoms with Crippen molar-refractivity contribution in [1.29, 1.82) is 0 Å². The van der Waals surface area contributed by atoms with E-state index in [1.54, 1.807) is 30.3 Å². The molecule has 2 aromatic heterocycles. The minimum atomic E-state index is -0.391. The maximum atomic E-state index is 12.4. The van der Waals surface area contributed by atoms with Crippen LogP contribution in [0.4, 0.5) is 5.69 Å². The van der Waals surface area contributed by atoms with E-state index in [0.29, 0.717) is 16.5 Å². The van der Waals surface area contributed by atoms with Crippen molar-refractivity contribution in [2.75, 3.05) is 18.9 Å². The minimum absolute atomic E-state index is 0.108. The molecule has 3 aromatic rings. The van der Waals surface area contributed by atoms with Crippen molar-refractivity contribution in [3.05, 3.63) is 58.6 Å². The molecule has 0 saturated carbocycles. The van der Waals surface area contributed by atoms with Gasteiger partial charge in [0.05, 0.1) is 11.4 Å². The molecular formula is C17H14ClN3O3S. The Labute approximate surface area is 153 Å². The van der Waals surface area contributed by atoms with E-state index in [4.69, 9.17) is 16.1 Å². The number of nitrogens with one attached hydrogen (secondary N) is 1. The molecular weight excluding hydrogens is 362 g/mol. The van der Waals surface area contributed by atoms with E-state index < -0.39 is 5.91 Å². The zero-order chi connectivity index (χ0) is 17.8. The molecule has 128 valence electrons. The molecule has 25 heavy (non-hydrogen) atoms. The third-order valence-corrected chi connectivity index (χ3v) is 4.49. The number of hydrogen-bond acceptors (Lipinski definition) is 5. The van der Waals surface area contributed by atoms with Crippen LogP contribution in [0.1, 0.15) is 10.5 Å². The van der Waals surface area contributed by atoms with Gasteiger partial charge >= 0.3 is 0 Å². The molecule has 0 saturated heterocycles. The highest BCUT2D eigenvalue weighted by molar-refractivity contribution is 7.13. The molecule has 0 aliphatic carbocycles. The topological polar surface area (TPSA) is 75.4 Å². The van der Waals surface area contributed by atoms with Gasteiger partial charge in [-0.2, -0.15) is 0 Å². The largest absolute Gasteiger partial charge is 0.355 e. The zero-order valence-corrected chi connectivity index (χ0v) is 14.8. The summed E-state index contributed by atoms with van der Waals surface area (Å²) in [5.41, 5.74) is 0.766. The second-order valence-corrected chi connectivity index (χ2v) is 6.65. The molecule has 0 spiro atoms. The molecule has 0 fully saturated rings. The lowest BCUT2D eigenvalue weighted by molar-refractivity contribution is -0.116. The third-order valence-electron chi connectivity index (χ3n) is 3.35. The average Bonchev–Trinajstić information content (AvgIpc) is 3.27. The molecule has 0 bridgehead atoms. The molecule has 6 nitrogen and oxygen atoms in total. The summed E-state index contributed by atoms with van der Waals surface area (Å²) in [5.74, 6) is -0.185. The Morgan fingerprint density at radius 2 is 2.04 bits per heavy atom. The Bertz CT molecular complexity index is 875. The fraction of sp³-hybridized carbons (Fsp3) is 0.118. The third kappa shape index (κ3) is 4.26. The highest BCUT2D eigenvalue weighted by Crippen LogP contribution is 2.25. The predicted octanol–water partition coefficient (Wildman–Crippen LogP) is 3.77.